The number of rotatable bonds is 2. The van der Waals surface area contributed by atoms with Crippen LogP contribution in [0.15, 0.2) is 33.9 Å². The summed E-state index contributed by atoms with van der Waals surface area (Å²) >= 11 is 0. The molecule has 1 N–H and O–H groups in total. The van der Waals surface area contributed by atoms with Gasteiger partial charge in [-0.15, -0.1) is 0 Å². The molecule has 1 aromatic carbocycles. The van der Waals surface area contributed by atoms with Gasteiger partial charge in [0.15, 0.2) is 5.56 Å². The molecule has 0 unspecified atom stereocenters. The summed E-state index contributed by atoms with van der Waals surface area (Å²) in [6.45, 7) is 0. The van der Waals surface area contributed by atoms with Gasteiger partial charge in [0.25, 0.3) is 5.56 Å². The molecule has 0 aliphatic heterocycles. The van der Waals surface area contributed by atoms with E-state index in [-0.39, 0.29) is 11.6 Å². The Morgan fingerprint density at radius 3 is 2.70 bits per heavy atom. The number of fused-ring (bicyclic) bond motifs is 1. The highest BCUT2D eigenvalue weighted by atomic mass is 16.2. The van der Waals surface area contributed by atoms with Crippen molar-refractivity contribution in [2.75, 3.05) is 5.32 Å². The van der Waals surface area contributed by atoms with E-state index in [2.05, 4.69) is 17.4 Å². The second-order valence-corrected chi connectivity index (χ2v) is 5.83. The smallest absolute Gasteiger partial charge is 0.332 e. The lowest BCUT2D eigenvalue weighted by Crippen LogP contribution is -2.40. The number of anilines is 1. The molecule has 2 aromatic rings. The number of aryl methyl sites for hydroxylation is 1. The van der Waals surface area contributed by atoms with Gasteiger partial charge < -0.3 is 5.32 Å². The van der Waals surface area contributed by atoms with Crippen LogP contribution in [0, 0.1) is 11.3 Å². The molecule has 0 bridgehead atoms. The zero-order chi connectivity index (χ0) is 16.6. The Balaban J connectivity index is 2.11. The fraction of sp³-hybridized carbons (Fsp3) is 0.353. The van der Waals surface area contributed by atoms with Crippen molar-refractivity contribution >= 4 is 5.82 Å². The van der Waals surface area contributed by atoms with Crippen molar-refractivity contribution in [1.82, 2.24) is 9.13 Å². The van der Waals surface area contributed by atoms with Crippen molar-refractivity contribution in [3.8, 4) is 6.07 Å². The topological polar surface area (TPSA) is 79.8 Å². The molecular weight excluding hydrogens is 292 g/mol. The minimum atomic E-state index is -0.567. The molecule has 0 radical (unpaired) electrons. The van der Waals surface area contributed by atoms with Gasteiger partial charge in [-0.2, -0.15) is 5.26 Å². The minimum Gasteiger partial charge on any atom is -0.363 e. The molecule has 0 amide bonds. The van der Waals surface area contributed by atoms with Gasteiger partial charge in [0.1, 0.15) is 11.9 Å². The average molecular weight is 310 g/mol. The van der Waals surface area contributed by atoms with E-state index in [4.69, 9.17) is 0 Å². The van der Waals surface area contributed by atoms with Crippen LogP contribution in [0.2, 0.25) is 0 Å². The summed E-state index contributed by atoms with van der Waals surface area (Å²) < 4.78 is 2.29. The van der Waals surface area contributed by atoms with Crippen LogP contribution in [0.5, 0.6) is 0 Å². The molecule has 0 saturated carbocycles. The Morgan fingerprint density at radius 2 is 1.96 bits per heavy atom. The maximum absolute atomic E-state index is 12.2. The van der Waals surface area contributed by atoms with E-state index in [0.717, 1.165) is 29.4 Å². The fourth-order valence-electron chi connectivity index (χ4n) is 3.18. The first kappa shape index (κ1) is 15.1. The summed E-state index contributed by atoms with van der Waals surface area (Å²) in [6.07, 6.45) is 2.94. The van der Waals surface area contributed by atoms with Crippen molar-refractivity contribution in [3.05, 3.63) is 61.8 Å². The Bertz CT molecular complexity index is 918. The summed E-state index contributed by atoms with van der Waals surface area (Å²) in [5.41, 5.74) is 1.39. The molecule has 1 atom stereocenters. The molecular formula is C17H18N4O2. The fourth-order valence-corrected chi connectivity index (χ4v) is 3.18. The first-order valence-corrected chi connectivity index (χ1v) is 7.59. The van der Waals surface area contributed by atoms with E-state index in [9.17, 15) is 14.9 Å². The van der Waals surface area contributed by atoms with Crippen molar-refractivity contribution < 1.29 is 0 Å². The minimum absolute atomic E-state index is 0.00949. The summed E-state index contributed by atoms with van der Waals surface area (Å²) in [4.78, 5) is 24.3. The quantitative estimate of drug-likeness (QED) is 0.910. The summed E-state index contributed by atoms with van der Waals surface area (Å²) in [5, 5.41) is 12.6. The number of hydrogen-bond donors (Lipinski definition) is 1. The highest BCUT2D eigenvalue weighted by Crippen LogP contribution is 2.32. The number of hydrogen-bond acceptors (Lipinski definition) is 4. The van der Waals surface area contributed by atoms with Crippen LogP contribution in [0.3, 0.4) is 0 Å². The average Bonchev–Trinajstić information content (AvgIpc) is 2.58. The van der Waals surface area contributed by atoms with E-state index in [1.54, 1.807) is 7.05 Å². The third-order valence-electron chi connectivity index (χ3n) is 4.46. The van der Waals surface area contributed by atoms with Crippen LogP contribution in [0.25, 0.3) is 0 Å². The zero-order valence-electron chi connectivity index (χ0n) is 13.2. The molecule has 6 nitrogen and oxygen atoms in total. The van der Waals surface area contributed by atoms with Gasteiger partial charge in [0, 0.05) is 14.1 Å². The lowest BCUT2D eigenvalue weighted by atomic mass is 9.87. The van der Waals surface area contributed by atoms with E-state index >= 15 is 0 Å². The lowest BCUT2D eigenvalue weighted by Gasteiger charge is -2.28. The number of nitrogens with one attached hydrogen (secondary N) is 1. The Morgan fingerprint density at radius 1 is 1.22 bits per heavy atom. The third-order valence-corrected chi connectivity index (χ3v) is 4.46. The van der Waals surface area contributed by atoms with Gasteiger partial charge >= 0.3 is 5.69 Å². The van der Waals surface area contributed by atoms with Gasteiger partial charge in [-0.3, -0.25) is 13.9 Å². The van der Waals surface area contributed by atoms with E-state index < -0.39 is 11.2 Å². The third kappa shape index (κ3) is 2.44. The van der Waals surface area contributed by atoms with Gasteiger partial charge in [0.2, 0.25) is 0 Å². The largest absolute Gasteiger partial charge is 0.363 e. The maximum atomic E-state index is 12.2. The zero-order valence-corrected chi connectivity index (χ0v) is 13.2. The van der Waals surface area contributed by atoms with E-state index in [1.807, 2.05) is 18.2 Å². The summed E-state index contributed by atoms with van der Waals surface area (Å²) in [7, 11) is 2.95. The van der Waals surface area contributed by atoms with Crippen LogP contribution in [0.1, 0.15) is 35.6 Å². The molecule has 1 heterocycles. The number of nitriles is 1. The summed E-state index contributed by atoms with van der Waals surface area (Å²) in [5.74, 6) is 0.294. The molecule has 118 valence electrons. The SMILES string of the molecule is Cn1c(N[C@@H]2CCCc3ccccc32)c(C#N)c(=O)n(C)c1=O. The maximum Gasteiger partial charge on any atom is 0.332 e. The monoisotopic (exact) mass is 310 g/mol. The lowest BCUT2D eigenvalue weighted by molar-refractivity contribution is 0.588. The standard InChI is InChI=1S/C17H18N4O2/c1-20-15(13(10-18)16(22)21(2)17(20)23)19-14-9-5-7-11-6-3-4-8-12(11)14/h3-4,6,8,14,19H,5,7,9H2,1-2H3/t14-/m1/s1. The van der Waals surface area contributed by atoms with E-state index in [1.165, 1.54) is 17.2 Å². The molecule has 1 aliphatic carbocycles. The second kappa shape index (κ2) is 5.76. The normalized spacial score (nSPS) is 16.5. The van der Waals surface area contributed by atoms with E-state index in [0.29, 0.717) is 5.82 Å². The number of aromatic nitrogens is 2. The van der Waals surface area contributed by atoms with Crippen molar-refractivity contribution in [3.63, 3.8) is 0 Å². The summed E-state index contributed by atoms with van der Waals surface area (Å²) in [6, 6.07) is 10.1. The Hall–Kier alpha value is -2.81. The molecule has 6 heteroatoms. The van der Waals surface area contributed by atoms with Gasteiger partial charge in [-0.05, 0) is 30.4 Å². The molecule has 3 rings (SSSR count). The Kier molecular flexibility index (Phi) is 3.78. The molecule has 1 aromatic heterocycles. The predicted octanol–water partition coefficient (Wildman–Crippen LogP) is 1.45. The molecule has 0 fully saturated rings. The number of benzene rings is 1. The van der Waals surface area contributed by atoms with Crippen LogP contribution >= 0.6 is 0 Å². The van der Waals surface area contributed by atoms with Gasteiger partial charge in [0.05, 0.1) is 6.04 Å². The van der Waals surface area contributed by atoms with Crippen molar-refractivity contribution in [2.24, 2.45) is 14.1 Å². The van der Waals surface area contributed by atoms with Crippen molar-refractivity contribution in [1.29, 1.82) is 5.26 Å². The van der Waals surface area contributed by atoms with Gasteiger partial charge in [-0.1, -0.05) is 24.3 Å². The highest BCUT2D eigenvalue weighted by Gasteiger charge is 2.23. The second-order valence-electron chi connectivity index (χ2n) is 5.83. The molecule has 0 saturated heterocycles. The first-order chi connectivity index (χ1) is 11.0. The van der Waals surface area contributed by atoms with Crippen LogP contribution in [-0.2, 0) is 20.5 Å². The van der Waals surface area contributed by atoms with Gasteiger partial charge in [-0.25, -0.2) is 4.79 Å². The molecule has 0 spiro atoms. The van der Waals surface area contributed by atoms with Crippen LogP contribution in [0.4, 0.5) is 5.82 Å². The molecule has 1 aliphatic rings. The van der Waals surface area contributed by atoms with Crippen molar-refractivity contribution in [2.45, 2.75) is 25.3 Å². The Labute approximate surface area is 133 Å². The first-order valence-electron chi connectivity index (χ1n) is 7.59. The molecule has 23 heavy (non-hydrogen) atoms. The van der Waals surface area contributed by atoms with Crippen LogP contribution in [-0.4, -0.2) is 9.13 Å². The highest BCUT2D eigenvalue weighted by molar-refractivity contribution is 5.53. The number of nitrogens with zero attached hydrogens (tertiary/aromatic N) is 3. The predicted molar refractivity (Wildman–Crippen MR) is 87.4 cm³/mol. The van der Waals surface area contributed by atoms with Crippen LogP contribution < -0.4 is 16.6 Å².